The molecule has 3 N–H and O–H groups in total. The minimum atomic E-state index is -0.194. The molecule has 2 aliphatic rings. The third-order valence-corrected chi connectivity index (χ3v) is 6.16. The number of fused-ring (bicyclic) bond motifs is 1. The highest BCUT2D eigenvalue weighted by molar-refractivity contribution is 6.32. The highest BCUT2D eigenvalue weighted by Crippen LogP contribution is 2.29. The number of rotatable bonds is 7. The average molecular weight is 442 g/mol. The summed E-state index contributed by atoms with van der Waals surface area (Å²) in [4.78, 5) is 12.8. The zero-order chi connectivity index (χ0) is 21.6. The average Bonchev–Trinajstić information content (AvgIpc) is 2.81. The minimum Gasteiger partial charge on any atom is -0.496 e. The van der Waals surface area contributed by atoms with Gasteiger partial charge >= 0.3 is 0 Å². The van der Waals surface area contributed by atoms with Gasteiger partial charge in [-0.2, -0.15) is 0 Å². The molecule has 1 saturated carbocycles. The molecule has 1 aliphatic heterocycles. The quantitative estimate of drug-likeness (QED) is 0.557. The van der Waals surface area contributed by atoms with E-state index in [2.05, 4.69) is 16.2 Å². The number of benzene rings is 2. The first-order chi connectivity index (χ1) is 15.2. The van der Waals surface area contributed by atoms with E-state index in [1.54, 1.807) is 31.4 Å². The molecule has 1 unspecified atom stereocenters. The molecule has 2 aromatic carbocycles. The van der Waals surface area contributed by atoms with E-state index in [-0.39, 0.29) is 12.5 Å². The summed E-state index contributed by atoms with van der Waals surface area (Å²) < 4.78 is 11.3. The molecule has 6 nitrogen and oxygen atoms in total. The number of carbonyl (C=O) groups excluding carboxylic acids is 1. The van der Waals surface area contributed by atoms with E-state index >= 15 is 0 Å². The van der Waals surface area contributed by atoms with Crippen molar-refractivity contribution in [2.45, 2.75) is 44.8 Å². The molecule has 0 spiro atoms. The number of hydrogen-bond donors (Lipinski definition) is 3. The lowest BCUT2D eigenvalue weighted by atomic mass is 9.86. The van der Waals surface area contributed by atoms with Crippen LogP contribution in [0.15, 0.2) is 53.7 Å². The molecule has 1 heterocycles. The van der Waals surface area contributed by atoms with E-state index in [0.29, 0.717) is 28.1 Å². The van der Waals surface area contributed by atoms with Crippen LogP contribution in [0.5, 0.6) is 11.5 Å². The van der Waals surface area contributed by atoms with Gasteiger partial charge in [-0.05, 0) is 55.2 Å². The van der Waals surface area contributed by atoms with Crippen LogP contribution in [-0.2, 0) is 6.61 Å². The smallest absolute Gasteiger partial charge is 0.269 e. The SMILES string of the molecule is COc1ccc(C(=O)NNC2=C3CCCCC3NCC2)cc1COc1ccccc1Cl. The molecule has 0 saturated heterocycles. The van der Waals surface area contributed by atoms with Gasteiger partial charge in [-0.25, -0.2) is 0 Å². The van der Waals surface area contributed by atoms with E-state index < -0.39 is 0 Å². The van der Waals surface area contributed by atoms with E-state index in [1.807, 2.05) is 18.2 Å². The topological polar surface area (TPSA) is 71.6 Å². The summed E-state index contributed by atoms with van der Waals surface area (Å²) >= 11 is 6.17. The van der Waals surface area contributed by atoms with Crippen LogP contribution in [0.25, 0.3) is 0 Å². The van der Waals surface area contributed by atoms with E-state index in [1.165, 1.54) is 24.8 Å². The maximum Gasteiger partial charge on any atom is 0.269 e. The molecule has 4 rings (SSSR count). The van der Waals surface area contributed by atoms with Gasteiger partial charge in [0.25, 0.3) is 5.91 Å². The lowest BCUT2D eigenvalue weighted by Gasteiger charge is -2.33. The highest BCUT2D eigenvalue weighted by atomic mass is 35.5. The Kier molecular flexibility index (Phi) is 6.99. The number of para-hydroxylation sites is 1. The fourth-order valence-corrected chi connectivity index (χ4v) is 4.42. The summed E-state index contributed by atoms with van der Waals surface area (Å²) in [7, 11) is 1.60. The number of hydrazine groups is 1. The molecular formula is C24H28ClN3O3. The van der Waals surface area contributed by atoms with Crippen LogP contribution in [0.4, 0.5) is 0 Å². The normalized spacial score (nSPS) is 18.2. The number of nitrogens with one attached hydrogen (secondary N) is 3. The highest BCUT2D eigenvalue weighted by Gasteiger charge is 2.25. The Morgan fingerprint density at radius 3 is 2.87 bits per heavy atom. The number of ether oxygens (including phenoxy) is 2. The molecule has 0 radical (unpaired) electrons. The Hall–Kier alpha value is -2.70. The van der Waals surface area contributed by atoms with E-state index in [0.717, 1.165) is 30.6 Å². The first-order valence-electron chi connectivity index (χ1n) is 10.7. The van der Waals surface area contributed by atoms with Gasteiger partial charge < -0.3 is 20.2 Å². The molecule has 2 aromatic rings. The summed E-state index contributed by atoms with van der Waals surface area (Å²) in [6, 6.07) is 13.1. The molecule has 1 fully saturated rings. The summed E-state index contributed by atoms with van der Waals surface area (Å²) in [6.07, 6.45) is 5.61. The fraction of sp³-hybridized carbons (Fsp3) is 0.375. The minimum absolute atomic E-state index is 0.194. The van der Waals surface area contributed by atoms with Gasteiger partial charge in [-0.1, -0.05) is 30.2 Å². The van der Waals surface area contributed by atoms with Crippen molar-refractivity contribution in [1.82, 2.24) is 16.2 Å². The lowest BCUT2D eigenvalue weighted by molar-refractivity contribution is 0.0937. The third kappa shape index (κ3) is 5.14. The van der Waals surface area contributed by atoms with Gasteiger partial charge in [-0.3, -0.25) is 10.2 Å². The van der Waals surface area contributed by atoms with Crippen molar-refractivity contribution in [2.75, 3.05) is 13.7 Å². The number of hydrogen-bond acceptors (Lipinski definition) is 5. The predicted octanol–water partition coefficient (Wildman–Crippen LogP) is 4.35. The summed E-state index contributed by atoms with van der Waals surface area (Å²) in [6.45, 7) is 1.17. The van der Waals surface area contributed by atoms with Crippen molar-refractivity contribution in [3.05, 3.63) is 69.9 Å². The molecular weight excluding hydrogens is 414 g/mol. The Bertz CT molecular complexity index is 976. The van der Waals surface area contributed by atoms with Gasteiger partial charge in [0, 0.05) is 35.8 Å². The van der Waals surface area contributed by atoms with E-state index in [9.17, 15) is 4.79 Å². The van der Waals surface area contributed by atoms with Crippen LogP contribution < -0.4 is 25.6 Å². The van der Waals surface area contributed by atoms with Gasteiger partial charge in [-0.15, -0.1) is 0 Å². The Labute approximate surface area is 187 Å². The number of amides is 1. The standard InChI is InChI=1S/C24H28ClN3O3/c1-30-22-11-10-16(14-17(22)15-31-23-9-5-3-7-19(23)25)24(29)28-27-21-12-13-26-20-8-4-2-6-18(20)21/h3,5,7,9-11,14,20,26-27H,2,4,6,8,12-13,15H2,1H3,(H,28,29). The third-order valence-electron chi connectivity index (χ3n) is 5.85. The molecule has 31 heavy (non-hydrogen) atoms. The van der Waals surface area contributed by atoms with Crippen LogP contribution in [-0.4, -0.2) is 25.6 Å². The molecule has 1 amide bonds. The van der Waals surface area contributed by atoms with Crippen molar-refractivity contribution in [3.63, 3.8) is 0 Å². The maximum absolute atomic E-state index is 12.8. The summed E-state index contributed by atoms with van der Waals surface area (Å²) in [5, 5.41) is 4.11. The largest absolute Gasteiger partial charge is 0.496 e. The molecule has 0 bridgehead atoms. The number of carbonyl (C=O) groups is 1. The summed E-state index contributed by atoms with van der Waals surface area (Å²) in [5.74, 6) is 1.05. The van der Waals surface area contributed by atoms with Crippen LogP contribution in [0.3, 0.4) is 0 Å². The van der Waals surface area contributed by atoms with Crippen molar-refractivity contribution in [2.24, 2.45) is 0 Å². The maximum atomic E-state index is 12.8. The van der Waals surface area contributed by atoms with Crippen molar-refractivity contribution in [1.29, 1.82) is 0 Å². The molecule has 0 aromatic heterocycles. The zero-order valence-corrected chi connectivity index (χ0v) is 18.4. The van der Waals surface area contributed by atoms with Crippen LogP contribution in [0, 0.1) is 0 Å². The number of methoxy groups -OCH3 is 1. The number of halogens is 1. The van der Waals surface area contributed by atoms with Crippen molar-refractivity contribution < 1.29 is 14.3 Å². The lowest BCUT2D eigenvalue weighted by Crippen LogP contribution is -2.45. The Balaban J connectivity index is 1.44. The van der Waals surface area contributed by atoms with Gasteiger partial charge in [0.05, 0.1) is 12.1 Å². The Morgan fingerprint density at radius 2 is 2.03 bits per heavy atom. The van der Waals surface area contributed by atoms with Crippen LogP contribution in [0.1, 0.15) is 48.0 Å². The summed E-state index contributed by atoms with van der Waals surface area (Å²) in [5.41, 5.74) is 9.92. The monoisotopic (exact) mass is 441 g/mol. The molecule has 1 atom stereocenters. The van der Waals surface area contributed by atoms with Crippen molar-refractivity contribution >= 4 is 17.5 Å². The second kappa shape index (κ2) is 10.1. The van der Waals surface area contributed by atoms with Gasteiger partial charge in [0.2, 0.25) is 0 Å². The van der Waals surface area contributed by atoms with Gasteiger partial charge in [0.1, 0.15) is 18.1 Å². The van der Waals surface area contributed by atoms with Crippen LogP contribution in [0.2, 0.25) is 5.02 Å². The second-order valence-electron chi connectivity index (χ2n) is 7.83. The fourth-order valence-electron chi connectivity index (χ4n) is 4.23. The van der Waals surface area contributed by atoms with E-state index in [4.69, 9.17) is 21.1 Å². The molecule has 164 valence electrons. The van der Waals surface area contributed by atoms with Crippen LogP contribution >= 0.6 is 11.6 Å². The predicted molar refractivity (Wildman–Crippen MR) is 121 cm³/mol. The zero-order valence-electron chi connectivity index (χ0n) is 17.7. The first-order valence-corrected chi connectivity index (χ1v) is 11.1. The Morgan fingerprint density at radius 1 is 1.16 bits per heavy atom. The van der Waals surface area contributed by atoms with Gasteiger partial charge in [0.15, 0.2) is 0 Å². The van der Waals surface area contributed by atoms with Crippen molar-refractivity contribution in [3.8, 4) is 11.5 Å². The second-order valence-corrected chi connectivity index (χ2v) is 8.24. The molecule has 7 heteroatoms. The first kappa shape index (κ1) is 21.5. The molecule has 1 aliphatic carbocycles.